The van der Waals surface area contributed by atoms with Crippen LogP contribution in [0, 0.1) is 0 Å². The second-order valence-electron chi connectivity index (χ2n) is 5.64. The number of amides is 1. The number of carbonyl (C=O) groups excluding carboxylic acids is 1. The predicted molar refractivity (Wildman–Crippen MR) is 102 cm³/mol. The molecule has 0 aliphatic rings. The Balaban J connectivity index is 1.87. The van der Waals surface area contributed by atoms with Gasteiger partial charge in [0.15, 0.2) is 5.11 Å². The number of hydrazine groups is 1. The Bertz CT molecular complexity index is 822. The molecule has 4 nitrogen and oxygen atoms in total. The normalized spacial score (nSPS) is 11.3. The largest absolute Gasteiger partial charge is 0.416 e. The van der Waals surface area contributed by atoms with Gasteiger partial charge in [0.25, 0.3) is 5.91 Å². The van der Waals surface area contributed by atoms with Crippen LogP contribution in [0.2, 0.25) is 0 Å². The third-order valence-electron chi connectivity index (χ3n) is 3.51. The Labute approximate surface area is 160 Å². The Morgan fingerprint density at radius 1 is 1.15 bits per heavy atom. The van der Waals surface area contributed by atoms with Crippen LogP contribution in [-0.2, 0) is 17.5 Å². The Morgan fingerprint density at radius 3 is 2.52 bits per heavy atom. The van der Waals surface area contributed by atoms with Crippen molar-refractivity contribution in [2.45, 2.75) is 12.7 Å². The van der Waals surface area contributed by atoms with Crippen LogP contribution in [-0.4, -0.2) is 23.1 Å². The van der Waals surface area contributed by atoms with Gasteiger partial charge in [0.1, 0.15) is 0 Å². The molecule has 0 saturated carbocycles. The third-order valence-corrected chi connectivity index (χ3v) is 3.93. The summed E-state index contributed by atoms with van der Waals surface area (Å²) in [5.74, 6) is -0.515. The molecular formula is C19H18F3N3OS. The number of thiocarbonyl (C=S) groups is 1. The molecule has 0 unspecified atom stereocenters. The zero-order chi connectivity index (χ0) is 19.9. The lowest BCUT2D eigenvalue weighted by molar-refractivity contribution is -0.137. The minimum Gasteiger partial charge on any atom is -0.357 e. The van der Waals surface area contributed by atoms with Gasteiger partial charge in [-0.2, -0.15) is 13.2 Å². The van der Waals surface area contributed by atoms with Crippen molar-refractivity contribution in [3.63, 3.8) is 0 Å². The van der Waals surface area contributed by atoms with Crippen molar-refractivity contribution in [2.24, 2.45) is 0 Å². The summed E-state index contributed by atoms with van der Waals surface area (Å²) in [4.78, 5) is 11.9. The van der Waals surface area contributed by atoms with Crippen molar-refractivity contribution in [1.82, 2.24) is 15.8 Å². The lowest BCUT2D eigenvalue weighted by Gasteiger charge is -2.21. The molecule has 0 fully saturated rings. The van der Waals surface area contributed by atoms with E-state index in [0.29, 0.717) is 11.7 Å². The molecule has 142 valence electrons. The molecule has 27 heavy (non-hydrogen) atoms. The van der Waals surface area contributed by atoms with E-state index in [1.165, 1.54) is 23.2 Å². The predicted octanol–water partition coefficient (Wildman–Crippen LogP) is 3.76. The number of nitrogens with zero attached hydrogens (tertiary/aromatic N) is 1. The molecule has 2 aromatic rings. The number of carbonyl (C=O) groups is 1. The number of benzene rings is 2. The summed E-state index contributed by atoms with van der Waals surface area (Å²) in [6.45, 7) is 0.500. The summed E-state index contributed by atoms with van der Waals surface area (Å²) >= 11 is 5.18. The second kappa shape index (κ2) is 9.18. The van der Waals surface area contributed by atoms with Crippen LogP contribution in [0.25, 0.3) is 6.08 Å². The van der Waals surface area contributed by atoms with Crippen molar-refractivity contribution >= 4 is 29.3 Å². The maximum Gasteiger partial charge on any atom is 0.416 e. The van der Waals surface area contributed by atoms with Gasteiger partial charge in [-0.15, -0.1) is 0 Å². The number of hydrogen-bond donors (Lipinski definition) is 2. The minimum absolute atomic E-state index is 0.271. The van der Waals surface area contributed by atoms with E-state index in [1.54, 1.807) is 7.05 Å². The van der Waals surface area contributed by atoms with Crippen LogP contribution in [0.1, 0.15) is 16.7 Å². The van der Waals surface area contributed by atoms with E-state index in [4.69, 9.17) is 12.2 Å². The monoisotopic (exact) mass is 393 g/mol. The van der Waals surface area contributed by atoms with E-state index in [0.717, 1.165) is 23.8 Å². The highest BCUT2D eigenvalue weighted by Crippen LogP contribution is 2.29. The Morgan fingerprint density at radius 2 is 1.85 bits per heavy atom. The molecule has 0 spiro atoms. The lowest BCUT2D eigenvalue weighted by Crippen LogP contribution is -2.47. The first kappa shape index (κ1) is 20.4. The van der Waals surface area contributed by atoms with E-state index < -0.39 is 17.6 Å². The summed E-state index contributed by atoms with van der Waals surface area (Å²) in [6.07, 6.45) is -1.98. The summed E-state index contributed by atoms with van der Waals surface area (Å²) in [7, 11) is 1.57. The first-order valence-corrected chi connectivity index (χ1v) is 8.38. The van der Waals surface area contributed by atoms with E-state index >= 15 is 0 Å². The van der Waals surface area contributed by atoms with Gasteiger partial charge in [0.2, 0.25) is 0 Å². The zero-order valence-electron chi connectivity index (χ0n) is 14.5. The van der Waals surface area contributed by atoms with E-state index in [-0.39, 0.29) is 5.56 Å². The molecule has 0 aliphatic carbocycles. The molecule has 0 bridgehead atoms. The van der Waals surface area contributed by atoms with Crippen LogP contribution < -0.4 is 10.7 Å². The molecule has 0 heterocycles. The van der Waals surface area contributed by atoms with Gasteiger partial charge in [0, 0.05) is 19.7 Å². The molecule has 0 aromatic heterocycles. The van der Waals surface area contributed by atoms with Gasteiger partial charge in [0.05, 0.1) is 5.56 Å². The molecule has 2 aromatic carbocycles. The fourth-order valence-corrected chi connectivity index (χ4v) is 2.25. The van der Waals surface area contributed by atoms with Crippen LogP contribution >= 0.6 is 12.2 Å². The fraction of sp³-hybridized carbons (Fsp3) is 0.158. The van der Waals surface area contributed by atoms with E-state index in [1.807, 2.05) is 30.3 Å². The van der Waals surface area contributed by atoms with Crippen LogP contribution in [0.5, 0.6) is 0 Å². The number of hydrogen-bond acceptors (Lipinski definition) is 2. The molecule has 2 rings (SSSR count). The van der Waals surface area contributed by atoms with Gasteiger partial charge in [-0.05, 0) is 41.6 Å². The smallest absolute Gasteiger partial charge is 0.357 e. The van der Waals surface area contributed by atoms with Crippen LogP contribution in [0.15, 0.2) is 60.7 Å². The van der Waals surface area contributed by atoms with Crippen molar-refractivity contribution in [3.8, 4) is 0 Å². The SMILES string of the molecule is CN(NC(=O)/C=C/c1cccc(C(F)(F)F)c1)C(=S)NCc1ccccc1. The van der Waals surface area contributed by atoms with Gasteiger partial charge >= 0.3 is 6.18 Å². The number of alkyl halides is 3. The molecule has 0 saturated heterocycles. The van der Waals surface area contributed by atoms with Crippen molar-refractivity contribution < 1.29 is 18.0 Å². The second-order valence-corrected chi connectivity index (χ2v) is 6.02. The highest BCUT2D eigenvalue weighted by atomic mass is 32.1. The number of nitrogens with one attached hydrogen (secondary N) is 2. The molecule has 1 amide bonds. The number of halogens is 3. The van der Waals surface area contributed by atoms with E-state index in [2.05, 4.69) is 10.7 Å². The van der Waals surface area contributed by atoms with Crippen LogP contribution in [0.3, 0.4) is 0 Å². The quantitative estimate of drug-likeness (QED) is 0.472. The highest BCUT2D eigenvalue weighted by Gasteiger charge is 2.30. The maximum absolute atomic E-state index is 12.7. The van der Waals surface area contributed by atoms with Crippen molar-refractivity contribution in [1.29, 1.82) is 0 Å². The Kier molecular flexibility index (Phi) is 6.95. The maximum atomic E-state index is 12.7. The first-order chi connectivity index (χ1) is 12.8. The Hall–Kier alpha value is -2.87. The van der Waals surface area contributed by atoms with E-state index in [9.17, 15) is 18.0 Å². The van der Waals surface area contributed by atoms with Crippen molar-refractivity contribution in [2.75, 3.05) is 7.05 Å². The summed E-state index contributed by atoms with van der Waals surface area (Å²) in [5, 5.41) is 4.63. The first-order valence-electron chi connectivity index (χ1n) is 7.97. The van der Waals surface area contributed by atoms with Gasteiger partial charge in [-0.1, -0.05) is 42.5 Å². The molecule has 8 heteroatoms. The summed E-state index contributed by atoms with van der Waals surface area (Å²) in [6, 6.07) is 14.3. The lowest BCUT2D eigenvalue weighted by atomic mass is 10.1. The average molecular weight is 393 g/mol. The summed E-state index contributed by atoms with van der Waals surface area (Å²) in [5.41, 5.74) is 3.04. The average Bonchev–Trinajstić information content (AvgIpc) is 2.64. The fourth-order valence-electron chi connectivity index (χ4n) is 2.14. The van der Waals surface area contributed by atoms with Gasteiger partial charge in [-0.3, -0.25) is 15.2 Å². The molecule has 0 radical (unpaired) electrons. The van der Waals surface area contributed by atoms with Gasteiger partial charge in [-0.25, -0.2) is 0 Å². The molecule has 2 N–H and O–H groups in total. The van der Waals surface area contributed by atoms with Crippen molar-refractivity contribution in [3.05, 3.63) is 77.4 Å². The molecular weight excluding hydrogens is 375 g/mol. The number of rotatable bonds is 4. The minimum atomic E-state index is -4.43. The standard InChI is InChI=1S/C19H18F3N3OS/c1-25(18(27)23-13-15-6-3-2-4-7-15)24-17(26)11-10-14-8-5-9-16(12-14)19(20,21)22/h2-12H,13H2,1H3,(H,23,27)(H,24,26)/b11-10+. The highest BCUT2D eigenvalue weighted by molar-refractivity contribution is 7.80. The molecule has 0 aliphatic heterocycles. The molecule has 0 atom stereocenters. The van der Waals surface area contributed by atoms with Crippen LogP contribution in [0.4, 0.5) is 13.2 Å². The van der Waals surface area contributed by atoms with Gasteiger partial charge < -0.3 is 5.32 Å². The topological polar surface area (TPSA) is 44.4 Å². The third kappa shape index (κ3) is 6.74. The summed E-state index contributed by atoms with van der Waals surface area (Å²) < 4.78 is 38.1. The zero-order valence-corrected chi connectivity index (χ0v) is 15.3.